The monoisotopic (exact) mass is 407 g/mol. The minimum absolute atomic E-state index is 0.00537. The Morgan fingerprint density at radius 1 is 1.10 bits per heavy atom. The normalized spacial score (nSPS) is 22.1. The fourth-order valence-electron chi connectivity index (χ4n) is 4.11. The maximum Gasteiger partial charge on any atom is 0.228 e. The lowest BCUT2D eigenvalue weighted by atomic mass is 9.78. The van der Waals surface area contributed by atoms with E-state index in [0.717, 1.165) is 43.2 Å². The Hall–Kier alpha value is -2.90. The Kier molecular flexibility index (Phi) is 4.72. The number of aromatic nitrogens is 1. The summed E-state index contributed by atoms with van der Waals surface area (Å²) in [4.78, 5) is 16.1. The zero-order valence-electron chi connectivity index (χ0n) is 16.6. The number of carbonyl (C=O) groups is 1. The summed E-state index contributed by atoms with van der Waals surface area (Å²) in [6.45, 7) is 0. The third-order valence-corrected chi connectivity index (χ3v) is 6.07. The second-order valence-corrected chi connectivity index (χ2v) is 8.47. The lowest BCUT2D eigenvalue weighted by Crippen LogP contribution is -2.42. The number of allylic oxidation sites excluding steroid dienone is 1. The molecule has 30 heavy (non-hydrogen) atoms. The van der Waals surface area contributed by atoms with E-state index in [1.807, 2.05) is 18.2 Å². The number of hydrogen-bond donors (Lipinski definition) is 4. The highest BCUT2D eigenvalue weighted by Gasteiger charge is 2.39. The quantitative estimate of drug-likeness (QED) is 0.547. The molecule has 7 heteroatoms. The second kappa shape index (κ2) is 7.41. The molecule has 3 aliphatic rings. The molecule has 2 aromatic rings. The molecule has 5 rings (SSSR count). The van der Waals surface area contributed by atoms with Crippen LogP contribution >= 0.6 is 0 Å². The van der Waals surface area contributed by atoms with Gasteiger partial charge in [0, 0.05) is 24.6 Å². The molecule has 0 radical (unpaired) electrons. The number of fused-ring (bicyclic) bond motifs is 1. The average molecular weight is 407 g/mol. The van der Waals surface area contributed by atoms with Crippen molar-refractivity contribution in [1.82, 2.24) is 10.5 Å². The Bertz CT molecular complexity index is 1020. The Morgan fingerprint density at radius 2 is 1.90 bits per heavy atom. The molecule has 7 nitrogen and oxygen atoms in total. The maximum atomic E-state index is 12.0. The number of hydroxylamine groups is 1. The van der Waals surface area contributed by atoms with E-state index < -0.39 is 5.60 Å². The molecule has 2 saturated carbocycles. The third kappa shape index (κ3) is 3.91. The third-order valence-electron chi connectivity index (χ3n) is 6.07. The number of carbonyl (C=O) groups excluding carboxylic acids is 1. The molecule has 1 atom stereocenters. The molecule has 0 bridgehead atoms. The standard InChI is InChI=1S/C23H25N3O4/c27-22(16-3-4-16)25-20-12-19(8-10-24-20)30-18-6-5-14-7-9-23(28,13-17(14)11-18)21(26-29)15-1-2-15/h5-6,8,10-12,16,26,28-29H,1-4,7,9,13H2,(H,24,25,27). The highest BCUT2D eigenvalue weighted by molar-refractivity contribution is 5.93. The van der Waals surface area contributed by atoms with Gasteiger partial charge in [0.2, 0.25) is 5.91 Å². The van der Waals surface area contributed by atoms with Gasteiger partial charge in [-0.05, 0) is 73.4 Å². The Balaban J connectivity index is 1.33. The van der Waals surface area contributed by atoms with Crippen molar-refractivity contribution in [3.05, 3.63) is 58.9 Å². The molecular formula is C23H25N3O4. The number of nitrogens with one attached hydrogen (secondary N) is 2. The van der Waals surface area contributed by atoms with Crippen LogP contribution in [0.25, 0.3) is 0 Å². The SMILES string of the molecule is O=C(Nc1cc(Oc2ccc3c(c2)CC(O)(C(NO)=C2CC2)CC3)ccn1)C1CC1. The largest absolute Gasteiger partial charge is 0.457 e. The first kappa shape index (κ1) is 19.1. The van der Waals surface area contributed by atoms with Gasteiger partial charge in [-0.3, -0.25) is 15.5 Å². The zero-order chi connectivity index (χ0) is 20.7. The van der Waals surface area contributed by atoms with Crippen molar-refractivity contribution >= 4 is 11.7 Å². The molecule has 0 aliphatic heterocycles. The van der Waals surface area contributed by atoms with Crippen LogP contribution in [0.2, 0.25) is 0 Å². The number of aryl methyl sites for hydroxylation is 1. The number of pyridine rings is 1. The summed E-state index contributed by atoms with van der Waals surface area (Å²) >= 11 is 0. The van der Waals surface area contributed by atoms with Crippen LogP contribution in [0.3, 0.4) is 0 Å². The first-order valence-electron chi connectivity index (χ1n) is 10.5. The lowest BCUT2D eigenvalue weighted by molar-refractivity contribution is -0.117. The van der Waals surface area contributed by atoms with E-state index in [0.29, 0.717) is 35.9 Å². The van der Waals surface area contributed by atoms with Crippen molar-refractivity contribution in [2.24, 2.45) is 5.92 Å². The van der Waals surface area contributed by atoms with E-state index in [-0.39, 0.29) is 11.8 Å². The predicted octanol–water partition coefficient (Wildman–Crippen LogP) is 3.47. The van der Waals surface area contributed by atoms with Gasteiger partial charge in [0.25, 0.3) is 0 Å². The predicted molar refractivity (Wildman–Crippen MR) is 110 cm³/mol. The van der Waals surface area contributed by atoms with Crippen LogP contribution in [-0.2, 0) is 17.6 Å². The highest BCUT2D eigenvalue weighted by atomic mass is 16.5. The Labute approximate surface area is 174 Å². The Morgan fingerprint density at radius 3 is 2.63 bits per heavy atom. The summed E-state index contributed by atoms with van der Waals surface area (Å²) in [7, 11) is 0. The van der Waals surface area contributed by atoms with Crippen molar-refractivity contribution in [2.45, 2.75) is 50.5 Å². The van der Waals surface area contributed by atoms with Crippen LogP contribution < -0.4 is 15.5 Å². The fraction of sp³-hybridized carbons (Fsp3) is 0.391. The average Bonchev–Trinajstić information content (AvgIpc) is 3.62. The highest BCUT2D eigenvalue weighted by Crippen LogP contribution is 2.41. The van der Waals surface area contributed by atoms with Crippen LogP contribution in [0.1, 0.15) is 43.2 Å². The van der Waals surface area contributed by atoms with Gasteiger partial charge in [0.05, 0.1) is 5.70 Å². The minimum atomic E-state index is -1.08. The van der Waals surface area contributed by atoms with E-state index >= 15 is 0 Å². The molecule has 1 amide bonds. The molecule has 1 aromatic heterocycles. The van der Waals surface area contributed by atoms with Crippen LogP contribution in [0, 0.1) is 5.92 Å². The molecule has 0 spiro atoms. The van der Waals surface area contributed by atoms with Gasteiger partial charge in [0.15, 0.2) is 0 Å². The summed E-state index contributed by atoms with van der Waals surface area (Å²) in [5, 5.41) is 23.5. The van der Waals surface area contributed by atoms with Crippen LogP contribution in [0.5, 0.6) is 11.5 Å². The maximum absolute atomic E-state index is 12.0. The number of ether oxygens (including phenoxy) is 1. The van der Waals surface area contributed by atoms with Gasteiger partial charge < -0.3 is 15.2 Å². The smallest absolute Gasteiger partial charge is 0.228 e. The number of nitrogens with zero attached hydrogens (tertiary/aromatic N) is 1. The summed E-state index contributed by atoms with van der Waals surface area (Å²) in [6, 6.07) is 9.33. The number of anilines is 1. The van der Waals surface area contributed by atoms with E-state index in [9.17, 15) is 15.1 Å². The second-order valence-electron chi connectivity index (χ2n) is 8.47. The molecule has 0 saturated heterocycles. The first-order chi connectivity index (χ1) is 14.5. The van der Waals surface area contributed by atoms with Crippen molar-refractivity contribution in [1.29, 1.82) is 0 Å². The molecule has 1 heterocycles. The number of aliphatic hydroxyl groups is 1. The minimum Gasteiger partial charge on any atom is -0.457 e. The van der Waals surface area contributed by atoms with E-state index in [2.05, 4.69) is 15.8 Å². The number of amides is 1. The molecule has 1 unspecified atom stereocenters. The van der Waals surface area contributed by atoms with Gasteiger partial charge in [0.1, 0.15) is 22.9 Å². The summed E-state index contributed by atoms with van der Waals surface area (Å²) in [5.74, 6) is 1.83. The molecule has 1 aromatic carbocycles. The van der Waals surface area contributed by atoms with Gasteiger partial charge in [-0.2, -0.15) is 0 Å². The fourth-order valence-corrected chi connectivity index (χ4v) is 4.11. The van der Waals surface area contributed by atoms with E-state index in [1.165, 1.54) is 5.56 Å². The molecule has 2 fully saturated rings. The van der Waals surface area contributed by atoms with Crippen molar-refractivity contribution in [3.63, 3.8) is 0 Å². The van der Waals surface area contributed by atoms with Crippen LogP contribution in [0.15, 0.2) is 47.8 Å². The van der Waals surface area contributed by atoms with Crippen molar-refractivity contribution < 1.29 is 19.8 Å². The molecule has 156 valence electrons. The van der Waals surface area contributed by atoms with E-state index in [4.69, 9.17) is 4.74 Å². The summed E-state index contributed by atoms with van der Waals surface area (Å²) in [5.41, 5.74) is 5.01. The van der Waals surface area contributed by atoms with Crippen LogP contribution in [-0.4, -0.2) is 26.8 Å². The summed E-state index contributed by atoms with van der Waals surface area (Å²) in [6.07, 6.45) is 7.05. The van der Waals surface area contributed by atoms with Crippen molar-refractivity contribution in [2.75, 3.05) is 5.32 Å². The zero-order valence-corrected chi connectivity index (χ0v) is 16.6. The number of rotatable bonds is 6. The molecular weight excluding hydrogens is 382 g/mol. The number of hydrogen-bond acceptors (Lipinski definition) is 6. The van der Waals surface area contributed by atoms with E-state index in [1.54, 1.807) is 18.3 Å². The first-order valence-corrected chi connectivity index (χ1v) is 10.5. The molecule has 4 N–H and O–H groups in total. The van der Waals surface area contributed by atoms with Gasteiger partial charge >= 0.3 is 0 Å². The van der Waals surface area contributed by atoms with Crippen LogP contribution in [0.4, 0.5) is 5.82 Å². The van der Waals surface area contributed by atoms with Gasteiger partial charge in [-0.1, -0.05) is 6.07 Å². The molecule has 3 aliphatic carbocycles. The van der Waals surface area contributed by atoms with Gasteiger partial charge in [-0.25, -0.2) is 4.98 Å². The number of benzene rings is 1. The topological polar surface area (TPSA) is 104 Å². The summed E-state index contributed by atoms with van der Waals surface area (Å²) < 4.78 is 6.01. The van der Waals surface area contributed by atoms with Crippen molar-refractivity contribution in [3.8, 4) is 11.5 Å². The van der Waals surface area contributed by atoms with Gasteiger partial charge in [-0.15, -0.1) is 0 Å². The lowest BCUT2D eigenvalue weighted by Gasteiger charge is -2.35.